The highest BCUT2D eigenvalue weighted by atomic mass is 35.5. The van der Waals surface area contributed by atoms with E-state index in [9.17, 15) is 4.79 Å². The summed E-state index contributed by atoms with van der Waals surface area (Å²) >= 11 is 12.0. The first-order valence-electron chi connectivity index (χ1n) is 7.85. The normalized spacial score (nSPS) is 10.8. The number of halogens is 2. The first-order valence-corrected chi connectivity index (χ1v) is 8.61. The molecule has 134 valence electrons. The van der Waals surface area contributed by atoms with Gasteiger partial charge in [0.25, 0.3) is 5.91 Å². The maximum Gasteiger partial charge on any atom is 0.270 e. The molecular formula is C17H21Cl2N5O. The van der Waals surface area contributed by atoms with Crippen LogP contribution in [-0.4, -0.2) is 48.0 Å². The lowest BCUT2D eigenvalue weighted by molar-refractivity contribution is 0.0947. The fourth-order valence-corrected chi connectivity index (χ4v) is 2.71. The molecule has 1 aromatic carbocycles. The van der Waals surface area contributed by atoms with Crippen LogP contribution in [0, 0.1) is 6.92 Å². The van der Waals surface area contributed by atoms with E-state index in [1.54, 1.807) is 31.2 Å². The summed E-state index contributed by atoms with van der Waals surface area (Å²) in [6.45, 7) is 3.30. The Hall–Kier alpha value is -1.89. The number of nitrogens with one attached hydrogen (secondary N) is 2. The second-order valence-electron chi connectivity index (χ2n) is 5.91. The molecule has 0 saturated carbocycles. The van der Waals surface area contributed by atoms with Gasteiger partial charge in [-0.25, -0.2) is 9.97 Å². The lowest BCUT2D eigenvalue weighted by Crippen LogP contribution is -2.28. The lowest BCUT2D eigenvalue weighted by Gasteiger charge is -2.11. The van der Waals surface area contributed by atoms with Gasteiger partial charge in [0.1, 0.15) is 5.69 Å². The monoisotopic (exact) mass is 381 g/mol. The Labute approximate surface area is 157 Å². The molecule has 0 radical (unpaired) electrons. The van der Waals surface area contributed by atoms with Crippen molar-refractivity contribution in [2.45, 2.75) is 13.3 Å². The van der Waals surface area contributed by atoms with E-state index >= 15 is 0 Å². The van der Waals surface area contributed by atoms with Gasteiger partial charge in [-0.3, -0.25) is 4.79 Å². The van der Waals surface area contributed by atoms with Crippen molar-refractivity contribution in [3.63, 3.8) is 0 Å². The van der Waals surface area contributed by atoms with Crippen LogP contribution in [0.15, 0.2) is 24.3 Å². The molecule has 0 saturated heterocycles. The van der Waals surface area contributed by atoms with Crippen molar-refractivity contribution in [3.8, 4) is 0 Å². The summed E-state index contributed by atoms with van der Waals surface area (Å²) in [6, 6.07) is 6.70. The number of aromatic nitrogens is 2. The number of benzene rings is 1. The minimum Gasteiger partial charge on any atom is -0.351 e. The van der Waals surface area contributed by atoms with E-state index in [2.05, 4.69) is 25.5 Å². The number of aryl methyl sites for hydroxylation is 1. The Kier molecular flexibility index (Phi) is 6.99. The zero-order valence-corrected chi connectivity index (χ0v) is 15.9. The summed E-state index contributed by atoms with van der Waals surface area (Å²) in [7, 11) is 3.99. The standard InChI is InChI=1S/C17H21Cl2N5O/c1-11-7-15(16(25)20-5-4-6-24(2)3)23-17(21-11)22-14-9-12(18)8-13(19)10-14/h7-10H,4-6H2,1-3H3,(H,20,25)(H,21,22,23). The van der Waals surface area contributed by atoms with Crippen molar-refractivity contribution in [2.24, 2.45) is 0 Å². The lowest BCUT2D eigenvalue weighted by atomic mass is 10.3. The van der Waals surface area contributed by atoms with Gasteiger partial charge >= 0.3 is 0 Å². The van der Waals surface area contributed by atoms with Crippen LogP contribution >= 0.6 is 23.2 Å². The molecule has 2 rings (SSSR count). The number of anilines is 2. The third-order valence-corrected chi connectivity index (χ3v) is 3.71. The van der Waals surface area contributed by atoms with Crippen LogP contribution < -0.4 is 10.6 Å². The molecule has 0 spiro atoms. The van der Waals surface area contributed by atoms with Crippen LogP contribution in [-0.2, 0) is 0 Å². The number of carbonyl (C=O) groups excluding carboxylic acids is 1. The van der Waals surface area contributed by atoms with Gasteiger partial charge in [0.05, 0.1) is 0 Å². The third-order valence-electron chi connectivity index (χ3n) is 3.27. The molecule has 1 aromatic heterocycles. The summed E-state index contributed by atoms with van der Waals surface area (Å²) < 4.78 is 0. The molecule has 0 fully saturated rings. The van der Waals surface area contributed by atoms with Crippen molar-refractivity contribution >= 4 is 40.7 Å². The molecule has 6 nitrogen and oxygen atoms in total. The molecule has 0 unspecified atom stereocenters. The second kappa shape index (κ2) is 8.99. The minimum atomic E-state index is -0.226. The summed E-state index contributed by atoms with van der Waals surface area (Å²) in [5, 5.41) is 6.89. The molecule has 1 heterocycles. The zero-order valence-electron chi connectivity index (χ0n) is 14.4. The number of rotatable bonds is 7. The Morgan fingerprint density at radius 1 is 1.12 bits per heavy atom. The zero-order chi connectivity index (χ0) is 18.4. The van der Waals surface area contributed by atoms with Crippen molar-refractivity contribution in [1.82, 2.24) is 20.2 Å². The van der Waals surface area contributed by atoms with Crippen LogP contribution in [0.25, 0.3) is 0 Å². The highest BCUT2D eigenvalue weighted by Gasteiger charge is 2.11. The van der Waals surface area contributed by atoms with E-state index in [1.807, 2.05) is 14.1 Å². The van der Waals surface area contributed by atoms with Crippen molar-refractivity contribution in [3.05, 3.63) is 45.7 Å². The van der Waals surface area contributed by atoms with Gasteiger partial charge in [-0.15, -0.1) is 0 Å². The second-order valence-corrected chi connectivity index (χ2v) is 6.79. The molecule has 2 aromatic rings. The van der Waals surface area contributed by atoms with Gasteiger partial charge in [0.2, 0.25) is 5.95 Å². The fraction of sp³-hybridized carbons (Fsp3) is 0.353. The molecule has 25 heavy (non-hydrogen) atoms. The fourth-order valence-electron chi connectivity index (χ4n) is 2.18. The van der Waals surface area contributed by atoms with Gasteiger partial charge in [-0.2, -0.15) is 0 Å². The molecule has 0 bridgehead atoms. The SMILES string of the molecule is Cc1cc(C(=O)NCCCN(C)C)nc(Nc2cc(Cl)cc(Cl)c2)n1. The van der Waals surface area contributed by atoms with Crippen LogP contribution in [0.2, 0.25) is 10.0 Å². The number of amides is 1. The van der Waals surface area contributed by atoms with Crippen molar-refractivity contribution in [2.75, 3.05) is 32.5 Å². The largest absolute Gasteiger partial charge is 0.351 e. The maximum absolute atomic E-state index is 12.3. The Morgan fingerprint density at radius 2 is 1.80 bits per heavy atom. The van der Waals surface area contributed by atoms with Gasteiger partial charge in [-0.1, -0.05) is 23.2 Å². The van der Waals surface area contributed by atoms with Crippen LogP contribution in [0.5, 0.6) is 0 Å². The van der Waals surface area contributed by atoms with Crippen molar-refractivity contribution in [1.29, 1.82) is 0 Å². The molecule has 0 aliphatic carbocycles. The van der Waals surface area contributed by atoms with E-state index in [1.165, 1.54) is 0 Å². The number of nitrogens with zero attached hydrogens (tertiary/aromatic N) is 3. The summed E-state index contributed by atoms with van der Waals surface area (Å²) in [5.74, 6) is 0.0909. The van der Waals surface area contributed by atoms with Crippen LogP contribution in [0.3, 0.4) is 0 Å². The molecule has 0 aliphatic heterocycles. The van der Waals surface area contributed by atoms with E-state index in [4.69, 9.17) is 23.2 Å². The first-order chi connectivity index (χ1) is 11.8. The minimum absolute atomic E-state index is 0.226. The predicted molar refractivity (Wildman–Crippen MR) is 102 cm³/mol. The molecule has 8 heteroatoms. The summed E-state index contributed by atoms with van der Waals surface area (Å²) in [6.07, 6.45) is 0.870. The molecule has 1 amide bonds. The molecule has 0 atom stereocenters. The molecule has 2 N–H and O–H groups in total. The average Bonchev–Trinajstić information content (AvgIpc) is 2.49. The highest BCUT2D eigenvalue weighted by molar-refractivity contribution is 6.35. The van der Waals surface area contributed by atoms with E-state index in [0.717, 1.165) is 13.0 Å². The Morgan fingerprint density at radius 3 is 2.44 bits per heavy atom. The van der Waals surface area contributed by atoms with Gasteiger partial charge in [0.15, 0.2) is 0 Å². The third kappa shape index (κ3) is 6.49. The van der Waals surface area contributed by atoms with Gasteiger partial charge < -0.3 is 15.5 Å². The Bertz CT molecular complexity index is 732. The van der Waals surface area contributed by atoms with Crippen LogP contribution in [0.1, 0.15) is 22.6 Å². The molecule has 0 aliphatic rings. The number of hydrogen-bond acceptors (Lipinski definition) is 5. The van der Waals surface area contributed by atoms with Gasteiger partial charge in [-0.05, 0) is 58.3 Å². The van der Waals surface area contributed by atoms with Gasteiger partial charge in [0, 0.05) is 28.0 Å². The topological polar surface area (TPSA) is 70.2 Å². The average molecular weight is 382 g/mol. The first kappa shape index (κ1) is 19.4. The predicted octanol–water partition coefficient (Wildman–Crippen LogP) is 3.52. The maximum atomic E-state index is 12.3. The molecular weight excluding hydrogens is 361 g/mol. The highest BCUT2D eigenvalue weighted by Crippen LogP contribution is 2.24. The summed E-state index contributed by atoms with van der Waals surface area (Å²) in [4.78, 5) is 22.9. The quantitative estimate of drug-likeness (QED) is 0.718. The van der Waals surface area contributed by atoms with Crippen LogP contribution in [0.4, 0.5) is 11.6 Å². The Balaban J connectivity index is 2.07. The smallest absolute Gasteiger partial charge is 0.270 e. The number of hydrogen-bond donors (Lipinski definition) is 2. The summed E-state index contributed by atoms with van der Waals surface area (Å²) in [5.41, 5.74) is 1.65. The number of carbonyl (C=O) groups is 1. The van der Waals surface area contributed by atoms with Crippen molar-refractivity contribution < 1.29 is 4.79 Å². The van der Waals surface area contributed by atoms with E-state index in [-0.39, 0.29) is 5.91 Å². The van der Waals surface area contributed by atoms with E-state index < -0.39 is 0 Å². The van der Waals surface area contributed by atoms with E-state index in [0.29, 0.717) is 39.6 Å².